The largest absolute Gasteiger partial charge is 0.390 e. The summed E-state index contributed by atoms with van der Waals surface area (Å²) in [5.41, 5.74) is 8.19. The Labute approximate surface area is 120 Å². The van der Waals surface area contributed by atoms with Crippen LogP contribution in [0.25, 0.3) is 0 Å². The van der Waals surface area contributed by atoms with Crippen LogP contribution in [0.2, 0.25) is 0 Å². The van der Waals surface area contributed by atoms with Crippen molar-refractivity contribution >= 4 is 33.7 Å². The van der Waals surface area contributed by atoms with Crippen molar-refractivity contribution in [2.45, 2.75) is 19.3 Å². The van der Waals surface area contributed by atoms with Crippen molar-refractivity contribution < 1.29 is 9.59 Å². The zero-order chi connectivity index (χ0) is 14.1. The number of thiophene rings is 1. The van der Waals surface area contributed by atoms with Gasteiger partial charge >= 0.3 is 0 Å². The Hall–Kier alpha value is -2.14. The number of carbonyl (C=O) groups is 2. The molecule has 0 atom stereocenters. The topological polar surface area (TPSA) is 72.2 Å². The lowest BCUT2D eigenvalue weighted by Gasteiger charge is -2.12. The molecule has 4 nitrogen and oxygen atoms in total. The predicted molar refractivity (Wildman–Crippen MR) is 80.2 cm³/mol. The normalized spacial score (nSPS) is 13.9. The molecule has 0 aliphatic heterocycles. The van der Waals surface area contributed by atoms with Gasteiger partial charge in [0.15, 0.2) is 0 Å². The number of carbonyl (C=O) groups excluding carboxylic acids is 2. The average Bonchev–Trinajstić information content (AvgIpc) is 2.74. The van der Waals surface area contributed by atoms with Gasteiger partial charge in [0.05, 0.1) is 10.6 Å². The van der Waals surface area contributed by atoms with Gasteiger partial charge in [-0.25, -0.2) is 0 Å². The van der Waals surface area contributed by atoms with Crippen LogP contribution in [-0.2, 0) is 17.6 Å². The van der Waals surface area contributed by atoms with Crippen molar-refractivity contribution in [3.8, 4) is 0 Å². The fourth-order valence-electron chi connectivity index (χ4n) is 2.44. The van der Waals surface area contributed by atoms with E-state index in [9.17, 15) is 9.59 Å². The van der Waals surface area contributed by atoms with Crippen LogP contribution in [0.1, 0.15) is 27.2 Å². The summed E-state index contributed by atoms with van der Waals surface area (Å²) in [6.07, 6.45) is 1.51. The minimum absolute atomic E-state index is 0.194. The second kappa shape index (κ2) is 5.09. The van der Waals surface area contributed by atoms with Gasteiger partial charge in [-0.05, 0) is 24.1 Å². The molecule has 0 unspecified atom stereocenters. The van der Waals surface area contributed by atoms with Crippen LogP contribution in [0.4, 0.5) is 10.7 Å². The summed E-state index contributed by atoms with van der Waals surface area (Å²) >= 11 is 1.36. The van der Waals surface area contributed by atoms with E-state index in [1.54, 1.807) is 0 Å². The van der Waals surface area contributed by atoms with E-state index in [-0.39, 0.29) is 11.7 Å². The summed E-state index contributed by atoms with van der Waals surface area (Å²) in [5.74, 6) is 0.0225. The van der Waals surface area contributed by atoms with E-state index in [2.05, 4.69) is 5.32 Å². The van der Waals surface area contributed by atoms with Gasteiger partial charge in [0.25, 0.3) is 5.91 Å². The quantitative estimate of drug-likeness (QED) is 0.891. The van der Waals surface area contributed by atoms with Crippen molar-refractivity contribution in [3.05, 3.63) is 46.3 Å². The first-order chi connectivity index (χ1) is 9.65. The standard InChI is InChI=1S/C15H14N2O2S/c16-14-13(11-7-6-10(18)8-12(11)20-14)15(19)17-9-4-2-1-3-5-9/h1-5H,6-8,16H2,(H,17,19). The third-order valence-electron chi connectivity index (χ3n) is 3.39. The van der Waals surface area contributed by atoms with E-state index in [0.717, 1.165) is 16.1 Å². The highest BCUT2D eigenvalue weighted by atomic mass is 32.1. The fraction of sp³-hybridized carbons (Fsp3) is 0.200. The van der Waals surface area contributed by atoms with E-state index in [1.807, 2.05) is 30.3 Å². The van der Waals surface area contributed by atoms with Crippen molar-refractivity contribution in [1.82, 2.24) is 0 Å². The molecule has 3 N–H and O–H groups in total. The highest BCUT2D eigenvalue weighted by molar-refractivity contribution is 7.16. The molecule has 1 aliphatic carbocycles. The van der Waals surface area contributed by atoms with Gasteiger partial charge in [-0.15, -0.1) is 11.3 Å². The summed E-state index contributed by atoms with van der Waals surface area (Å²) in [7, 11) is 0. The lowest BCUT2D eigenvalue weighted by Crippen LogP contribution is -2.18. The maximum Gasteiger partial charge on any atom is 0.258 e. The van der Waals surface area contributed by atoms with Gasteiger partial charge < -0.3 is 11.1 Å². The van der Waals surface area contributed by atoms with Gasteiger partial charge in [0, 0.05) is 23.4 Å². The first-order valence-corrected chi connectivity index (χ1v) is 7.25. The lowest BCUT2D eigenvalue weighted by molar-refractivity contribution is -0.118. The molecule has 0 spiro atoms. The van der Waals surface area contributed by atoms with Crippen LogP contribution in [0.3, 0.4) is 0 Å². The predicted octanol–water partition coefficient (Wildman–Crippen LogP) is 2.64. The first kappa shape index (κ1) is 12.9. The molecule has 0 radical (unpaired) electrons. The number of hydrogen-bond donors (Lipinski definition) is 2. The summed E-state index contributed by atoms with van der Waals surface area (Å²) in [6, 6.07) is 9.27. The number of anilines is 2. The molecule has 0 fully saturated rings. The maximum absolute atomic E-state index is 12.4. The molecule has 1 amide bonds. The lowest BCUT2D eigenvalue weighted by atomic mass is 9.94. The highest BCUT2D eigenvalue weighted by Crippen LogP contribution is 2.35. The molecule has 102 valence electrons. The van der Waals surface area contributed by atoms with Crippen LogP contribution in [0.15, 0.2) is 30.3 Å². The molecule has 1 aromatic carbocycles. The Morgan fingerprint density at radius 1 is 1.20 bits per heavy atom. The summed E-state index contributed by atoms with van der Waals surface area (Å²) in [5, 5.41) is 3.35. The summed E-state index contributed by atoms with van der Waals surface area (Å²) < 4.78 is 0. The van der Waals surface area contributed by atoms with Gasteiger partial charge in [-0.1, -0.05) is 18.2 Å². The number of para-hydroxylation sites is 1. The zero-order valence-corrected chi connectivity index (χ0v) is 11.6. The fourth-order valence-corrected chi connectivity index (χ4v) is 3.58. The van der Waals surface area contributed by atoms with Crippen molar-refractivity contribution in [1.29, 1.82) is 0 Å². The van der Waals surface area contributed by atoms with Crippen LogP contribution in [0, 0.1) is 0 Å². The van der Waals surface area contributed by atoms with Crippen LogP contribution < -0.4 is 11.1 Å². The molecule has 1 heterocycles. The number of rotatable bonds is 2. The molecular formula is C15H14N2O2S. The van der Waals surface area contributed by atoms with Gasteiger partial charge in [0.2, 0.25) is 0 Å². The minimum Gasteiger partial charge on any atom is -0.390 e. The van der Waals surface area contributed by atoms with Crippen LogP contribution in [0.5, 0.6) is 0 Å². The Kier molecular flexibility index (Phi) is 3.28. The third-order valence-corrected chi connectivity index (χ3v) is 4.45. The van der Waals surface area contributed by atoms with E-state index in [0.29, 0.717) is 29.8 Å². The molecule has 20 heavy (non-hydrogen) atoms. The smallest absolute Gasteiger partial charge is 0.258 e. The van der Waals surface area contributed by atoms with Crippen molar-refractivity contribution in [2.75, 3.05) is 11.1 Å². The molecular weight excluding hydrogens is 272 g/mol. The van der Waals surface area contributed by atoms with Gasteiger partial charge in [-0.3, -0.25) is 9.59 Å². The number of nitrogen functional groups attached to an aromatic ring is 1. The number of hydrogen-bond acceptors (Lipinski definition) is 4. The minimum atomic E-state index is -0.194. The second-order valence-corrected chi connectivity index (χ2v) is 5.92. The summed E-state index contributed by atoms with van der Waals surface area (Å²) in [4.78, 5) is 24.8. The molecule has 0 saturated heterocycles. The summed E-state index contributed by atoms with van der Waals surface area (Å²) in [6.45, 7) is 0. The Morgan fingerprint density at radius 2 is 1.95 bits per heavy atom. The van der Waals surface area contributed by atoms with E-state index in [4.69, 9.17) is 5.73 Å². The Morgan fingerprint density at radius 3 is 2.70 bits per heavy atom. The van der Waals surface area contributed by atoms with Crippen molar-refractivity contribution in [2.24, 2.45) is 0 Å². The molecule has 3 rings (SSSR count). The highest BCUT2D eigenvalue weighted by Gasteiger charge is 2.26. The van der Waals surface area contributed by atoms with Crippen molar-refractivity contribution in [3.63, 3.8) is 0 Å². The first-order valence-electron chi connectivity index (χ1n) is 6.43. The molecule has 5 heteroatoms. The molecule has 1 aliphatic rings. The van der Waals surface area contributed by atoms with E-state index in [1.165, 1.54) is 11.3 Å². The van der Waals surface area contributed by atoms with Crippen LogP contribution in [-0.4, -0.2) is 11.7 Å². The van der Waals surface area contributed by atoms with Gasteiger partial charge in [-0.2, -0.15) is 0 Å². The average molecular weight is 286 g/mol. The molecule has 1 aromatic heterocycles. The number of nitrogens with two attached hydrogens (primary N) is 1. The van der Waals surface area contributed by atoms with E-state index >= 15 is 0 Å². The van der Waals surface area contributed by atoms with E-state index < -0.39 is 0 Å². The number of amides is 1. The number of Topliss-reactive ketones (excluding diaryl/α,β-unsaturated/α-hetero) is 1. The number of benzene rings is 1. The number of fused-ring (bicyclic) bond motifs is 1. The Bertz CT molecular complexity index is 677. The number of nitrogens with one attached hydrogen (secondary N) is 1. The molecule has 0 bridgehead atoms. The second-order valence-electron chi connectivity index (χ2n) is 4.78. The number of ketones is 1. The monoisotopic (exact) mass is 286 g/mol. The third kappa shape index (κ3) is 2.32. The molecule has 2 aromatic rings. The zero-order valence-electron chi connectivity index (χ0n) is 10.8. The Balaban J connectivity index is 1.91. The molecule has 0 saturated carbocycles. The maximum atomic E-state index is 12.4. The van der Waals surface area contributed by atoms with Crippen LogP contribution >= 0.6 is 11.3 Å². The van der Waals surface area contributed by atoms with Gasteiger partial charge in [0.1, 0.15) is 5.78 Å². The SMILES string of the molecule is Nc1sc2c(c1C(=O)Nc1ccccc1)CCC(=O)C2.